The molecule has 0 aliphatic carbocycles. The quantitative estimate of drug-likeness (QED) is 0.574. The van der Waals surface area contributed by atoms with Crippen LogP contribution in [0.4, 0.5) is 4.79 Å². The van der Waals surface area contributed by atoms with E-state index in [1.54, 1.807) is 27.1 Å². The Labute approximate surface area is 169 Å². The van der Waals surface area contributed by atoms with Crippen molar-refractivity contribution in [2.45, 2.75) is 13.0 Å². The summed E-state index contributed by atoms with van der Waals surface area (Å²) in [5.41, 5.74) is 1.57. The van der Waals surface area contributed by atoms with Crippen LogP contribution in [0.3, 0.4) is 0 Å². The summed E-state index contributed by atoms with van der Waals surface area (Å²) < 4.78 is 16.4. The van der Waals surface area contributed by atoms with Crippen molar-refractivity contribution in [3.8, 4) is 11.5 Å². The predicted octanol–water partition coefficient (Wildman–Crippen LogP) is 3.29. The number of rotatable bonds is 7. The lowest BCUT2D eigenvalue weighted by Gasteiger charge is -2.33. The number of esters is 1. The van der Waals surface area contributed by atoms with Gasteiger partial charge in [-0.1, -0.05) is 36.4 Å². The monoisotopic (exact) mass is 396 g/mol. The summed E-state index contributed by atoms with van der Waals surface area (Å²) >= 11 is 0. The van der Waals surface area contributed by atoms with E-state index in [2.05, 4.69) is 5.32 Å². The Morgan fingerprint density at radius 1 is 1.07 bits per heavy atom. The van der Waals surface area contributed by atoms with E-state index in [1.807, 2.05) is 48.5 Å². The number of benzene rings is 2. The fraction of sp³-hybridized carbons (Fsp3) is 0.273. The molecule has 7 nitrogen and oxygen atoms in total. The van der Waals surface area contributed by atoms with Crippen molar-refractivity contribution in [2.75, 3.05) is 27.4 Å². The van der Waals surface area contributed by atoms with E-state index in [0.29, 0.717) is 28.3 Å². The third kappa shape index (κ3) is 4.51. The standard InChI is InChI=1S/C22H24N2O5/c1-15-19(21(25)29-14-13-28-16-9-5-4-6-10-16)20(23-22(26)24(15)2)17-11-7-8-12-18(17)27-3/h4-12,20H,13-14H2,1-3H3,(H,23,26)/t20-/m1/s1. The molecular formula is C22H24N2O5. The molecule has 0 bridgehead atoms. The Morgan fingerprint density at radius 3 is 2.48 bits per heavy atom. The summed E-state index contributed by atoms with van der Waals surface area (Å²) in [6.45, 7) is 2.03. The average Bonchev–Trinajstić information content (AvgIpc) is 2.75. The van der Waals surface area contributed by atoms with Gasteiger partial charge in [0.2, 0.25) is 0 Å². The Hall–Kier alpha value is -3.48. The number of ether oxygens (including phenoxy) is 3. The first-order chi connectivity index (χ1) is 14.0. The Bertz CT molecular complexity index is 910. The lowest BCUT2D eigenvalue weighted by atomic mass is 9.94. The first-order valence-corrected chi connectivity index (χ1v) is 9.25. The maximum atomic E-state index is 12.9. The minimum atomic E-state index is -0.669. The van der Waals surface area contributed by atoms with Crippen molar-refractivity contribution in [3.05, 3.63) is 71.4 Å². The van der Waals surface area contributed by atoms with Gasteiger partial charge in [0.15, 0.2) is 0 Å². The van der Waals surface area contributed by atoms with Crippen LogP contribution in [-0.2, 0) is 9.53 Å². The summed E-state index contributed by atoms with van der Waals surface area (Å²) in [5.74, 6) is 0.769. The lowest BCUT2D eigenvalue weighted by molar-refractivity contribution is -0.140. The topological polar surface area (TPSA) is 77.1 Å². The molecule has 1 heterocycles. The minimum Gasteiger partial charge on any atom is -0.496 e. The highest BCUT2D eigenvalue weighted by molar-refractivity contribution is 5.95. The van der Waals surface area contributed by atoms with Gasteiger partial charge in [-0.2, -0.15) is 0 Å². The molecule has 1 atom stereocenters. The van der Waals surface area contributed by atoms with Gasteiger partial charge in [0.1, 0.15) is 24.7 Å². The third-order valence-electron chi connectivity index (χ3n) is 4.75. The zero-order valence-corrected chi connectivity index (χ0v) is 16.7. The van der Waals surface area contributed by atoms with Gasteiger partial charge in [-0.05, 0) is 25.1 Å². The van der Waals surface area contributed by atoms with Crippen molar-refractivity contribution in [2.24, 2.45) is 0 Å². The molecule has 3 rings (SSSR count). The van der Waals surface area contributed by atoms with Crippen molar-refractivity contribution in [1.29, 1.82) is 0 Å². The van der Waals surface area contributed by atoms with Crippen molar-refractivity contribution in [1.82, 2.24) is 10.2 Å². The van der Waals surface area contributed by atoms with E-state index in [1.165, 1.54) is 4.90 Å². The van der Waals surface area contributed by atoms with Crippen LogP contribution in [-0.4, -0.2) is 44.3 Å². The van der Waals surface area contributed by atoms with Gasteiger partial charge in [0, 0.05) is 18.3 Å². The molecule has 2 aromatic carbocycles. The van der Waals surface area contributed by atoms with Crippen LogP contribution in [0, 0.1) is 0 Å². The van der Waals surface area contributed by atoms with Gasteiger partial charge in [-0.25, -0.2) is 9.59 Å². The van der Waals surface area contributed by atoms with E-state index in [4.69, 9.17) is 14.2 Å². The summed E-state index contributed by atoms with van der Waals surface area (Å²) in [7, 11) is 3.15. The van der Waals surface area contributed by atoms with E-state index in [0.717, 1.165) is 0 Å². The van der Waals surface area contributed by atoms with Gasteiger partial charge < -0.3 is 24.4 Å². The van der Waals surface area contributed by atoms with Gasteiger partial charge in [0.25, 0.3) is 0 Å². The maximum absolute atomic E-state index is 12.9. The van der Waals surface area contributed by atoms with Crippen LogP contribution in [0.15, 0.2) is 65.9 Å². The lowest BCUT2D eigenvalue weighted by Crippen LogP contribution is -2.46. The zero-order chi connectivity index (χ0) is 20.8. The largest absolute Gasteiger partial charge is 0.496 e. The van der Waals surface area contributed by atoms with Gasteiger partial charge in [0.05, 0.1) is 18.7 Å². The fourth-order valence-corrected chi connectivity index (χ4v) is 3.13. The van der Waals surface area contributed by atoms with Gasteiger partial charge >= 0.3 is 12.0 Å². The van der Waals surface area contributed by atoms with Crippen LogP contribution < -0.4 is 14.8 Å². The number of nitrogens with one attached hydrogen (secondary N) is 1. The molecule has 0 spiro atoms. The molecular weight excluding hydrogens is 372 g/mol. The number of methoxy groups -OCH3 is 1. The molecule has 152 valence electrons. The second kappa shape index (κ2) is 9.14. The molecule has 1 aliphatic heterocycles. The maximum Gasteiger partial charge on any atom is 0.338 e. The zero-order valence-electron chi connectivity index (χ0n) is 16.7. The second-order valence-corrected chi connectivity index (χ2v) is 6.48. The number of hydrogen-bond donors (Lipinski definition) is 1. The van der Waals surface area contributed by atoms with Crippen molar-refractivity contribution >= 4 is 12.0 Å². The molecule has 0 unspecified atom stereocenters. The molecule has 0 fully saturated rings. The Kier molecular flexibility index (Phi) is 6.39. The number of nitrogens with zero attached hydrogens (tertiary/aromatic N) is 1. The first kappa shape index (κ1) is 20.3. The van der Waals surface area contributed by atoms with E-state index >= 15 is 0 Å². The number of para-hydroxylation sites is 2. The van der Waals surface area contributed by atoms with E-state index < -0.39 is 12.0 Å². The number of allylic oxidation sites excluding steroid dienone is 1. The van der Waals surface area contributed by atoms with Crippen molar-refractivity contribution in [3.63, 3.8) is 0 Å². The Morgan fingerprint density at radius 2 is 1.76 bits per heavy atom. The molecule has 0 aromatic heterocycles. The minimum absolute atomic E-state index is 0.0841. The van der Waals surface area contributed by atoms with Crippen molar-refractivity contribution < 1.29 is 23.8 Å². The van der Waals surface area contributed by atoms with E-state index in [-0.39, 0.29) is 19.2 Å². The highest BCUT2D eigenvalue weighted by Crippen LogP contribution is 2.35. The molecule has 1 N–H and O–H groups in total. The summed E-state index contributed by atoms with van der Waals surface area (Å²) in [5, 5.41) is 2.85. The molecule has 2 aromatic rings. The summed E-state index contributed by atoms with van der Waals surface area (Å²) in [6.07, 6.45) is 0. The van der Waals surface area contributed by atoms with Gasteiger partial charge in [-0.3, -0.25) is 0 Å². The molecule has 2 amide bonds. The first-order valence-electron chi connectivity index (χ1n) is 9.25. The van der Waals surface area contributed by atoms with Crippen LogP contribution in [0.1, 0.15) is 18.5 Å². The normalized spacial score (nSPS) is 16.3. The SMILES string of the molecule is COc1ccccc1[C@H]1NC(=O)N(C)C(C)=C1C(=O)OCCOc1ccccc1. The fourth-order valence-electron chi connectivity index (χ4n) is 3.13. The average molecular weight is 396 g/mol. The van der Waals surface area contributed by atoms with Crippen LogP contribution >= 0.6 is 0 Å². The second-order valence-electron chi connectivity index (χ2n) is 6.48. The third-order valence-corrected chi connectivity index (χ3v) is 4.75. The summed E-state index contributed by atoms with van der Waals surface area (Å²) in [6, 6.07) is 15.6. The van der Waals surface area contributed by atoms with Crippen LogP contribution in [0.25, 0.3) is 0 Å². The number of hydrogen-bond acceptors (Lipinski definition) is 5. The molecule has 29 heavy (non-hydrogen) atoms. The van der Waals surface area contributed by atoms with E-state index in [9.17, 15) is 9.59 Å². The molecule has 0 saturated heterocycles. The van der Waals surface area contributed by atoms with Crippen LogP contribution in [0.5, 0.6) is 11.5 Å². The number of amides is 2. The molecule has 0 radical (unpaired) electrons. The predicted molar refractivity (Wildman–Crippen MR) is 108 cm³/mol. The van der Waals surface area contributed by atoms with Gasteiger partial charge in [-0.15, -0.1) is 0 Å². The molecule has 1 aliphatic rings. The van der Waals surface area contributed by atoms with Crippen LogP contribution in [0.2, 0.25) is 0 Å². The number of carbonyl (C=O) groups excluding carboxylic acids is 2. The smallest absolute Gasteiger partial charge is 0.338 e. The number of urea groups is 1. The summed E-state index contributed by atoms with van der Waals surface area (Å²) in [4.78, 5) is 26.6. The molecule has 7 heteroatoms. The molecule has 0 saturated carbocycles. The Balaban J connectivity index is 1.77. The number of carbonyl (C=O) groups is 2. The highest BCUT2D eigenvalue weighted by atomic mass is 16.6. The highest BCUT2D eigenvalue weighted by Gasteiger charge is 2.36.